The van der Waals surface area contributed by atoms with Gasteiger partial charge in [0.1, 0.15) is 5.65 Å². The third-order valence-corrected chi connectivity index (χ3v) is 2.54. The van der Waals surface area contributed by atoms with Crippen molar-refractivity contribution < 1.29 is 9.47 Å². The molecule has 0 unspecified atom stereocenters. The number of nitrogens with zero attached hydrogens (tertiary/aromatic N) is 2. The summed E-state index contributed by atoms with van der Waals surface area (Å²) in [7, 11) is 3.23. The van der Waals surface area contributed by atoms with Gasteiger partial charge in [0, 0.05) is 31.9 Å². The molecule has 0 radical (unpaired) electrons. The molecule has 7 heteroatoms. The van der Waals surface area contributed by atoms with Gasteiger partial charge in [0.05, 0.1) is 19.3 Å². The third kappa shape index (κ3) is 3.49. The van der Waals surface area contributed by atoms with Crippen LogP contribution in [-0.4, -0.2) is 48.4 Å². The molecule has 0 amide bonds. The molecule has 19 heavy (non-hydrogen) atoms. The Morgan fingerprint density at radius 1 is 1.32 bits per heavy atom. The van der Waals surface area contributed by atoms with Crippen LogP contribution in [0.1, 0.15) is 0 Å². The summed E-state index contributed by atoms with van der Waals surface area (Å²) in [4.78, 5) is 22.3. The van der Waals surface area contributed by atoms with E-state index in [1.807, 2.05) is 0 Å². The molecule has 0 aliphatic heterocycles. The molecular weight excluding hydrogens is 248 g/mol. The van der Waals surface area contributed by atoms with Crippen molar-refractivity contribution in [2.75, 3.05) is 32.8 Å². The quantitative estimate of drug-likeness (QED) is 0.784. The SMILES string of the molecule is COCC(COC)Nc1ncc2ccc(=O)[nH]c2n1. The van der Waals surface area contributed by atoms with Gasteiger partial charge in [0.25, 0.3) is 0 Å². The molecule has 2 rings (SSSR count). The minimum Gasteiger partial charge on any atom is -0.382 e. The van der Waals surface area contributed by atoms with Crippen LogP contribution in [0.25, 0.3) is 11.0 Å². The van der Waals surface area contributed by atoms with Crippen LogP contribution in [0.15, 0.2) is 23.1 Å². The molecule has 7 nitrogen and oxygen atoms in total. The highest BCUT2D eigenvalue weighted by Gasteiger charge is 2.10. The van der Waals surface area contributed by atoms with Gasteiger partial charge in [-0.05, 0) is 6.07 Å². The topological polar surface area (TPSA) is 89.1 Å². The Morgan fingerprint density at radius 3 is 2.74 bits per heavy atom. The molecule has 0 atom stereocenters. The first-order valence-electron chi connectivity index (χ1n) is 5.83. The number of H-pyrrole nitrogens is 1. The van der Waals surface area contributed by atoms with Gasteiger partial charge in [-0.3, -0.25) is 4.79 Å². The highest BCUT2D eigenvalue weighted by molar-refractivity contribution is 5.74. The standard InChI is InChI=1S/C12H16N4O3/c1-18-6-9(7-19-2)14-12-13-5-8-3-4-10(17)15-11(8)16-12/h3-5,9H,6-7H2,1-2H3,(H2,13,14,15,16,17). The number of pyridine rings is 1. The molecule has 2 heterocycles. The molecule has 0 saturated carbocycles. The van der Waals surface area contributed by atoms with Gasteiger partial charge in [-0.25, -0.2) is 4.98 Å². The fourth-order valence-electron chi connectivity index (χ4n) is 1.72. The van der Waals surface area contributed by atoms with Crippen molar-refractivity contribution in [1.82, 2.24) is 15.0 Å². The predicted molar refractivity (Wildman–Crippen MR) is 71.3 cm³/mol. The number of rotatable bonds is 6. The number of hydrogen-bond donors (Lipinski definition) is 2. The number of aromatic amines is 1. The molecule has 102 valence electrons. The highest BCUT2D eigenvalue weighted by atomic mass is 16.5. The molecule has 0 fully saturated rings. The van der Waals surface area contributed by atoms with Crippen LogP contribution in [0.2, 0.25) is 0 Å². The van der Waals surface area contributed by atoms with Crippen molar-refractivity contribution in [2.45, 2.75) is 6.04 Å². The lowest BCUT2D eigenvalue weighted by Crippen LogP contribution is -2.30. The molecule has 0 bridgehead atoms. The van der Waals surface area contributed by atoms with E-state index in [4.69, 9.17) is 9.47 Å². The first-order chi connectivity index (χ1) is 9.22. The van der Waals surface area contributed by atoms with Crippen molar-refractivity contribution in [1.29, 1.82) is 0 Å². The van der Waals surface area contributed by atoms with Crippen LogP contribution in [0.5, 0.6) is 0 Å². The van der Waals surface area contributed by atoms with Gasteiger partial charge < -0.3 is 19.8 Å². The smallest absolute Gasteiger partial charge is 0.249 e. The van der Waals surface area contributed by atoms with Crippen LogP contribution >= 0.6 is 0 Å². The zero-order chi connectivity index (χ0) is 13.7. The van der Waals surface area contributed by atoms with Crippen molar-refractivity contribution >= 4 is 17.0 Å². The molecular formula is C12H16N4O3. The second kappa shape index (κ2) is 6.26. The largest absolute Gasteiger partial charge is 0.382 e. The van der Waals surface area contributed by atoms with E-state index in [-0.39, 0.29) is 11.6 Å². The Labute approximate surface area is 110 Å². The van der Waals surface area contributed by atoms with Crippen molar-refractivity contribution in [2.24, 2.45) is 0 Å². The fraction of sp³-hybridized carbons (Fsp3) is 0.417. The number of aromatic nitrogens is 3. The predicted octanol–water partition coefficient (Wildman–Crippen LogP) is 0.391. The summed E-state index contributed by atoms with van der Waals surface area (Å²) in [6.45, 7) is 0.946. The molecule has 2 aromatic heterocycles. The average Bonchev–Trinajstić information content (AvgIpc) is 2.39. The maximum absolute atomic E-state index is 11.2. The Balaban J connectivity index is 2.22. The van der Waals surface area contributed by atoms with E-state index in [2.05, 4.69) is 20.3 Å². The van der Waals surface area contributed by atoms with Crippen molar-refractivity contribution in [3.05, 3.63) is 28.7 Å². The van der Waals surface area contributed by atoms with Gasteiger partial charge in [0.15, 0.2) is 0 Å². The minimum absolute atomic E-state index is 0.0529. The normalized spacial score (nSPS) is 11.1. The lowest BCUT2D eigenvalue weighted by molar-refractivity contribution is 0.126. The molecule has 2 N–H and O–H groups in total. The Hall–Kier alpha value is -1.99. The van der Waals surface area contributed by atoms with Crippen LogP contribution in [0.3, 0.4) is 0 Å². The summed E-state index contributed by atoms with van der Waals surface area (Å²) >= 11 is 0. The van der Waals surface area contributed by atoms with Gasteiger partial charge in [0.2, 0.25) is 11.5 Å². The summed E-state index contributed by atoms with van der Waals surface area (Å²) in [6.07, 6.45) is 1.65. The third-order valence-electron chi connectivity index (χ3n) is 2.54. The van der Waals surface area contributed by atoms with Crippen LogP contribution < -0.4 is 10.9 Å². The fourth-order valence-corrected chi connectivity index (χ4v) is 1.72. The van der Waals surface area contributed by atoms with E-state index in [1.165, 1.54) is 6.07 Å². The van der Waals surface area contributed by atoms with Gasteiger partial charge in [-0.2, -0.15) is 4.98 Å². The van der Waals surface area contributed by atoms with E-state index >= 15 is 0 Å². The number of fused-ring (bicyclic) bond motifs is 1. The number of methoxy groups -OCH3 is 2. The second-order valence-electron chi connectivity index (χ2n) is 4.07. The lowest BCUT2D eigenvalue weighted by atomic mass is 10.3. The van der Waals surface area contributed by atoms with E-state index in [1.54, 1.807) is 26.5 Å². The second-order valence-corrected chi connectivity index (χ2v) is 4.07. The number of nitrogens with one attached hydrogen (secondary N) is 2. The zero-order valence-electron chi connectivity index (χ0n) is 10.8. The Bertz CT molecular complexity index is 593. The Morgan fingerprint density at radius 2 is 2.05 bits per heavy atom. The van der Waals surface area contributed by atoms with Crippen molar-refractivity contribution in [3.8, 4) is 0 Å². The maximum Gasteiger partial charge on any atom is 0.249 e. The average molecular weight is 264 g/mol. The summed E-state index contributed by atoms with van der Waals surface area (Å²) in [6, 6.07) is 3.07. The molecule has 0 aliphatic rings. The summed E-state index contributed by atoms with van der Waals surface area (Å²) in [5, 5.41) is 3.88. The zero-order valence-corrected chi connectivity index (χ0v) is 10.8. The highest BCUT2D eigenvalue weighted by Crippen LogP contribution is 2.08. The summed E-state index contributed by atoms with van der Waals surface area (Å²) in [5.74, 6) is 0.424. The van der Waals surface area contributed by atoms with Crippen molar-refractivity contribution in [3.63, 3.8) is 0 Å². The number of hydrogen-bond acceptors (Lipinski definition) is 6. The van der Waals surface area contributed by atoms with Gasteiger partial charge >= 0.3 is 0 Å². The minimum atomic E-state index is -0.192. The molecule has 0 aromatic carbocycles. The van der Waals surface area contributed by atoms with Crippen LogP contribution in [0.4, 0.5) is 5.95 Å². The van der Waals surface area contributed by atoms with E-state index < -0.39 is 0 Å². The van der Waals surface area contributed by atoms with Crippen LogP contribution in [0, 0.1) is 0 Å². The summed E-state index contributed by atoms with van der Waals surface area (Å²) in [5.41, 5.74) is 0.307. The number of ether oxygens (including phenoxy) is 2. The van der Waals surface area contributed by atoms with Gasteiger partial charge in [-0.1, -0.05) is 0 Å². The Kier molecular flexibility index (Phi) is 4.43. The maximum atomic E-state index is 11.2. The van der Waals surface area contributed by atoms with E-state index in [0.717, 1.165) is 5.39 Å². The first kappa shape index (κ1) is 13.4. The van der Waals surface area contributed by atoms with E-state index in [0.29, 0.717) is 24.8 Å². The van der Waals surface area contributed by atoms with Gasteiger partial charge in [-0.15, -0.1) is 0 Å². The summed E-state index contributed by atoms with van der Waals surface area (Å²) < 4.78 is 10.2. The molecule has 2 aromatic rings. The van der Waals surface area contributed by atoms with Crippen LogP contribution in [-0.2, 0) is 9.47 Å². The lowest BCUT2D eigenvalue weighted by Gasteiger charge is -2.16. The first-order valence-corrected chi connectivity index (χ1v) is 5.83. The molecule has 0 spiro atoms. The molecule has 0 aliphatic carbocycles. The monoisotopic (exact) mass is 264 g/mol. The number of anilines is 1. The van der Waals surface area contributed by atoms with E-state index in [9.17, 15) is 4.79 Å². The molecule has 0 saturated heterocycles.